The zero-order valence-electron chi connectivity index (χ0n) is 12.5. The van der Waals surface area contributed by atoms with Gasteiger partial charge in [-0.2, -0.15) is 0 Å². The van der Waals surface area contributed by atoms with E-state index in [2.05, 4.69) is 40.4 Å². The molecule has 0 bridgehead atoms. The van der Waals surface area contributed by atoms with Crippen molar-refractivity contribution in [1.82, 2.24) is 9.80 Å². The minimum absolute atomic E-state index is 0.497. The summed E-state index contributed by atoms with van der Waals surface area (Å²) in [4.78, 5) is 5.04. The van der Waals surface area contributed by atoms with E-state index >= 15 is 0 Å². The molecule has 3 rings (SSSR count). The fraction of sp³-hybridized carbons (Fsp3) is 0.625. The number of anilines is 1. The molecule has 0 radical (unpaired) electrons. The van der Waals surface area contributed by atoms with Crippen LogP contribution in [0.1, 0.15) is 30.5 Å². The maximum Gasteiger partial charge on any atom is 0.121 e. The second-order valence-electron chi connectivity index (χ2n) is 6.13. The smallest absolute Gasteiger partial charge is 0.121 e. The lowest BCUT2D eigenvalue weighted by molar-refractivity contribution is 0.111. The molecule has 1 saturated heterocycles. The first-order valence-corrected chi connectivity index (χ1v) is 7.63. The van der Waals surface area contributed by atoms with Crippen LogP contribution in [0.4, 0.5) is 5.69 Å². The van der Waals surface area contributed by atoms with Gasteiger partial charge in [0.05, 0.1) is 0 Å². The fourth-order valence-electron chi connectivity index (χ4n) is 3.44. The molecule has 2 N–H and O–H groups in total. The Hall–Kier alpha value is -1.10. The third-order valence-electron chi connectivity index (χ3n) is 4.54. The van der Waals surface area contributed by atoms with Crippen molar-refractivity contribution in [2.24, 2.45) is 0 Å². The summed E-state index contributed by atoms with van der Waals surface area (Å²) in [6, 6.07) is 7.15. The number of nitrogens with zero attached hydrogens (tertiary/aromatic N) is 2. The Morgan fingerprint density at radius 2 is 2.00 bits per heavy atom. The highest BCUT2D eigenvalue weighted by molar-refractivity contribution is 5.51. The Morgan fingerprint density at radius 1 is 1.25 bits per heavy atom. The standard InChI is InChI=1S/C16H25N3O/c1-12(20)17-14-4-5-15-13(11-14)3-6-16(15)19-9-7-18(2)8-10-19/h4-5,11-12,16-17,20H,3,6-10H2,1-2H3. The van der Waals surface area contributed by atoms with E-state index in [1.165, 1.54) is 43.7 Å². The molecule has 1 heterocycles. The van der Waals surface area contributed by atoms with Gasteiger partial charge in [0, 0.05) is 37.9 Å². The van der Waals surface area contributed by atoms with Gasteiger partial charge in [0.15, 0.2) is 0 Å². The van der Waals surface area contributed by atoms with Crippen molar-refractivity contribution < 1.29 is 5.11 Å². The van der Waals surface area contributed by atoms with Gasteiger partial charge in [0.25, 0.3) is 0 Å². The number of fused-ring (bicyclic) bond motifs is 1. The highest BCUT2D eigenvalue weighted by atomic mass is 16.3. The van der Waals surface area contributed by atoms with Crippen molar-refractivity contribution in [1.29, 1.82) is 0 Å². The second-order valence-corrected chi connectivity index (χ2v) is 6.13. The Labute approximate surface area is 121 Å². The lowest BCUT2D eigenvalue weighted by Gasteiger charge is -2.36. The summed E-state index contributed by atoms with van der Waals surface area (Å²) in [7, 11) is 2.20. The Kier molecular flexibility index (Phi) is 3.96. The molecule has 1 aliphatic carbocycles. The zero-order valence-corrected chi connectivity index (χ0v) is 12.5. The van der Waals surface area contributed by atoms with E-state index in [0.29, 0.717) is 6.04 Å². The molecule has 110 valence electrons. The summed E-state index contributed by atoms with van der Waals surface area (Å²) in [5, 5.41) is 12.5. The van der Waals surface area contributed by atoms with Gasteiger partial charge in [-0.15, -0.1) is 0 Å². The minimum atomic E-state index is -0.497. The third-order valence-corrected chi connectivity index (χ3v) is 4.54. The first-order valence-electron chi connectivity index (χ1n) is 7.63. The normalized spacial score (nSPS) is 25.4. The van der Waals surface area contributed by atoms with Crippen LogP contribution in [0, 0.1) is 0 Å². The van der Waals surface area contributed by atoms with E-state index in [9.17, 15) is 5.11 Å². The summed E-state index contributed by atoms with van der Waals surface area (Å²) in [5.41, 5.74) is 3.96. The number of nitrogens with one attached hydrogen (secondary N) is 1. The van der Waals surface area contributed by atoms with Crippen LogP contribution < -0.4 is 5.32 Å². The molecular formula is C16H25N3O. The summed E-state index contributed by atoms with van der Waals surface area (Å²) in [5.74, 6) is 0. The number of benzene rings is 1. The number of hydrogen-bond donors (Lipinski definition) is 2. The van der Waals surface area contributed by atoms with Crippen LogP contribution in [0.3, 0.4) is 0 Å². The average molecular weight is 275 g/mol. The lowest BCUT2D eigenvalue weighted by Crippen LogP contribution is -2.45. The maximum absolute atomic E-state index is 9.41. The molecule has 2 unspecified atom stereocenters. The predicted octanol–water partition coefficient (Wildman–Crippen LogP) is 1.67. The molecule has 0 spiro atoms. The number of aliphatic hydroxyl groups excluding tert-OH is 1. The predicted molar refractivity (Wildman–Crippen MR) is 81.9 cm³/mol. The van der Waals surface area contributed by atoms with Crippen molar-refractivity contribution >= 4 is 5.69 Å². The Morgan fingerprint density at radius 3 is 2.70 bits per heavy atom. The monoisotopic (exact) mass is 275 g/mol. The first-order chi connectivity index (χ1) is 9.63. The van der Waals surface area contributed by atoms with E-state index in [4.69, 9.17) is 0 Å². The van der Waals surface area contributed by atoms with Crippen LogP contribution in [0.5, 0.6) is 0 Å². The van der Waals surface area contributed by atoms with Gasteiger partial charge in [0.2, 0.25) is 0 Å². The summed E-state index contributed by atoms with van der Waals surface area (Å²) in [6.45, 7) is 6.45. The van der Waals surface area contributed by atoms with Crippen molar-refractivity contribution in [2.75, 3.05) is 38.5 Å². The van der Waals surface area contributed by atoms with Gasteiger partial charge in [0.1, 0.15) is 6.23 Å². The largest absolute Gasteiger partial charge is 0.374 e. The van der Waals surface area contributed by atoms with Gasteiger partial charge in [-0.3, -0.25) is 4.90 Å². The molecule has 0 saturated carbocycles. The summed E-state index contributed by atoms with van der Waals surface area (Å²) < 4.78 is 0. The highest BCUT2D eigenvalue weighted by Crippen LogP contribution is 2.37. The zero-order chi connectivity index (χ0) is 14.1. The molecule has 4 heteroatoms. The number of hydrogen-bond acceptors (Lipinski definition) is 4. The fourth-order valence-corrected chi connectivity index (χ4v) is 3.44. The molecular weight excluding hydrogens is 250 g/mol. The van der Waals surface area contributed by atoms with Gasteiger partial charge >= 0.3 is 0 Å². The van der Waals surface area contributed by atoms with Crippen LogP contribution >= 0.6 is 0 Å². The van der Waals surface area contributed by atoms with E-state index < -0.39 is 6.23 Å². The number of aryl methyl sites for hydroxylation is 1. The number of likely N-dealkylation sites (N-methyl/N-ethyl adjacent to an activating group) is 1. The summed E-state index contributed by atoms with van der Waals surface area (Å²) in [6.07, 6.45) is 1.89. The molecule has 0 aromatic heterocycles. The molecule has 0 amide bonds. The maximum atomic E-state index is 9.41. The molecule has 20 heavy (non-hydrogen) atoms. The van der Waals surface area contributed by atoms with Gasteiger partial charge < -0.3 is 15.3 Å². The van der Waals surface area contributed by atoms with Gasteiger partial charge in [-0.1, -0.05) is 6.07 Å². The SMILES string of the molecule is CC(O)Nc1ccc2c(c1)CCC2N1CCN(C)CC1. The van der Waals surface area contributed by atoms with Crippen LogP contribution in [0.2, 0.25) is 0 Å². The van der Waals surface area contributed by atoms with E-state index in [1.807, 2.05) is 0 Å². The van der Waals surface area contributed by atoms with Gasteiger partial charge in [-0.05, 0) is 50.1 Å². The first kappa shape index (κ1) is 13.9. The topological polar surface area (TPSA) is 38.7 Å². The van der Waals surface area contributed by atoms with Gasteiger partial charge in [-0.25, -0.2) is 0 Å². The van der Waals surface area contributed by atoms with Crippen LogP contribution in [-0.4, -0.2) is 54.4 Å². The minimum Gasteiger partial charge on any atom is -0.374 e. The molecule has 1 aliphatic heterocycles. The van der Waals surface area contributed by atoms with E-state index in [1.54, 1.807) is 6.92 Å². The molecule has 4 nitrogen and oxygen atoms in total. The Bertz CT molecular complexity index is 467. The van der Waals surface area contributed by atoms with Crippen LogP contribution in [0.15, 0.2) is 18.2 Å². The molecule has 1 fully saturated rings. The number of rotatable bonds is 3. The van der Waals surface area contributed by atoms with Crippen molar-refractivity contribution in [3.05, 3.63) is 29.3 Å². The lowest BCUT2D eigenvalue weighted by atomic mass is 10.1. The molecule has 1 aromatic carbocycles. The van der Waals surface area contributed by atoms with Crippen molar-refractivity contribution in [2.45, 2.75) is 32.0 Å². The number of piperazine rings is 1. The average Bonchev–Trinajstić information content (AvgIpc) is 2.82. The van der Waals surface area contributed by atoms with E-state index in [-0.39, 0.29) is 0 Å². The highest BCUT2D eigenvalue weighted by Gasteiger charge is 2.29. The second kappa shape index (κ2) is 5.72. The van der Waals surface area contributed by atoms with Crippen molar-refractivity contribution in [3.63, 3.8) is 0 Å². The molecule has 2 aliphatic rings. The Balaban J connectivity index is 1.73. The quantitative estimate of drug-likeness (QED) is 0.823. The molecule has 1 aromatic rings. The van der Waals surface area contributed by atoms with Crippen LogP contribution in [-0.2, 0) is 6.42 Å². The molecule has 2 atom stereocenters. The van der Waals surface area contributed by atoms with E-state index in [0.717, 1.165) is 12.1 Å². The summed E-state index contributed by atoms with van der Waals surface area (Å²) >= 11 is 0. The van der Waals surface area contributed by atoms with Crippen molar-refractivity contribution in [3.8, 4) is 0 Å². The van der Waals surface area contributed by atoms with Crippen LogP contribution in [0.25, 0.3) is 0 Å². The third kappa shape index (κ3) is 2.82. The number of aliphatic hydroxyl groups is 1.